The number of methoxy groups -OCH3 is 1. The predicted molar refractivity (Wildman–Crippen MR) is 51.9 cm³/mol. The van der Waals surface area contributed by atoms with Crippen LogP contribution in [0.5, 0.6) is 0 Å². The molecule has 6 heteroatoms. The number of ether oxygens (including phenoxy) is 1. The minimum Gasteiger partial charge on any atom is -0.385 e. The van der Waals surface area contributed by atoms with E-state index in [2.05, 4.69) is 0 Å². The summed E-state index contributed by atoms with van der Waals surface area (Å²) in [6.07, 6.45) is 0.572. The van der Waals surface area contributed by atoms with Crippen molar-refractivity contribution >= 4 is 35.0 Å². The standard InChI is InChI=1S/C8H9Cl2NO3/c1-14-4-2-3-11-7(12)5(9)6(10)8(11)13/h2-4H2,1H3. The van der Waals surface area contributed by atoms with E-state index in [9.17, 15) is 9.59 Å². The van der Waals surface area contributed by atoms with Gasteiger partial charge in [-0.1, -0.05) is 23.2 Å². The molecule has 78 valence electrons. The van der Waals surface area contributed by atoms with Gasteiger partial charge in [0.25, 0.3) is 11.8 Å². The third-order valence-electron chi connectivity index (χ3n) is 1.79. The van der Waals surface area contributed by atoms with Gasteiger partial charge in [-0.05, 0) is 6.42 Å². The van der Waals surface area contributed by atoms with Gasteiger partial charge in [0, 0.05) is 20.3 Å². The fraction of sp³-hybridized carbons (Fsp3) is 0.500. The van der Waals surface area contributed by atoms with E-state index < -0.39 is 11.8 Å². The Hall–Kier alpha value is -0.580. The SMILES string of the molecule is COCCCN1C(=O)C(Cl)=C(Cl)C1=O. The smallest absolute Gasteiger partial charge is 0.274 e. The third-order valence-corrected chi connectivity index (χ3v) is 2.59. The van der Waals surface area contributed by atoms with Crippen molar-refractivity contribution < 1.29 is 14.3 Å². The molecule has 0 aromatic heterocycles. The molecule has 0 spiro atoms. The average molecular weight is 238 g/mol. The molecule has 0 aromatic carbocycles. The molecule has 0 atom stereocenters. The lowest BCUT2D eigenvalue weighted by atomic mass is 10.4. The molecule has 1 heterocycles. The molecule has 0 saturated carbocycles. The Kier molecular flexibility index (Phi) is 3.92. The van der Waals surface area contributed by atoms with Gasteiger partial charge in [0.1, 0.15) is 10.1 Å². The van der Waals surface area contributed by atoms with E-state index in [1.807, 2.05) is 0 Å². The lowest BCUT2D eigenvalue weighted by Crippen LogP contribution is -2.32. The van der Waals surface area contributed by atoms with Gasteiger partial charge >= 0.3 is 0 Å². The quantitative estimate of drug-likeness (QED) is 0.543. The zero-order valence-electron chi connectivity index (χ0n) is 7.55. The van der Waals surface area contributed by atoms with Gasteiger partial charge in [0.05, 0.1) is 0 Å². The number of hydrogen-bond donors (Lipinski definition) is 0. The monoisotopic (exact) mass is 237 g/mol. The molecule has 0 radical (unpaired) electrons. The maximum absolute atomic E-state index is 11.3. The maximum Gasteiger partial charge on any atom is 0.274 e. The van der Waals surface area contributed by atoms with Crippen molar-refractivity contribution in [3.8, 4) is 0 Å². The minimum atomic E-state index is -0.530. The van der Waals surface area contributed by atoms with Gasteiger partial charge in [-0.3, -0.25) is 14.5 Å². The van der Waals surface area contributed by atoms with Crippen molar-refractivity contribution in [2.24, 2.45) is 0 Å². The number of hydrogen-bond acceptors (Lipinski definition) is 3. The Morgan fingerprint density at radius 3 is 2.14 bits per heavy atom. The molecule has 0 aromatic rings. The maximum atomic E-state index is 11.3. The van der Waals surface area contributed by atoms with E-state index in [1.165, 1.54) is 0 Å². The summed E-state index contributed by atoms with van der Waals surface area (Å²) in [5.74, 6) is -1.06. The van der Waals surface area contributed by atoms with Crippen LogP contribution in [-0.2, 0) is 14.3 Å². The molecule has 0 unspecified atom stereocenters. The van der Waals surface area contributed by atoms with Crippen molar-refractivity contribution in [2.45, 2.75) is 6.42 Å². The Morgan fingerprint density at radius 1 is 1.21 bits per heavy atom. The first-order chi connectivity index (χ1) is 6.59. The van der Waals surface area contributed by atoms with Gasteiger partial charge < -0.3 is 4.74 Å². The summed E-state index contributed by atoms with van der Waals surface area (Å²) in [6, 6.07) is 0. The molecule has 1 aliphatic rings. The third kappa shape index (κ3) is 2.08. The Morgan fingerprint density at radius 2 is 1.71 bits per heavy atom. The first-order valence-corrected chi connectivity index (χ1v) is 4.75. The molecule has 0 aliphatic carbocycles. The average Bonchev–Trinajstić information content (AvgIpc) is 2.35. The fourth-order valence-corrected chi connectivity index (χ4v) is 1.45. The van der Waals surface area contributed by atoms with Gasteiger partial charge in [-0.15, -0.1) is 0 Å². The van der Waals surface area contributed by atoms with E-state index in [-0.39, 0.29) is 16.6 Å². The van der Waals surface area contributed by atoms with Crippen molar-refractivity contribution in [2.75, 3.05) is 20.3 Å². The lowest BCUT2D eigenvalue weighted by molar-refractivity contribution is -0.137. The first-order valence-electron chi connectivity index (χ1n) is 4.00. The van der Waals surface area contributed by atoms with Crippen LogP contribution in [0.2, 0.25) is 0 Å². The van der Waals surface area contributed by atoms with E-state index in [0.29, 0.717) is 13.0 Å². The molecule has 1 rings (SSSR count). The highest BCUT2D eigenvalue weighted by atomic mass is 35.5. The van der Waals surface area contributed by atoms with Crippen molar-refractivity contribution in [1.29, 1.82) is 0 Å². The van der Waals surface area contributed by atoms with Crippen LogP contribution >= 0.6 is 23.2 Å². The number of amides is 2. The molecule has 0 saturated heterocycles. The number of carbonyl (C=O) groups excluding carboxylic acids is 2. The van der Waals surface area contributed by atoms with Crippen LogP contribution in [0.4, 0.5) is 0 Å². The van der Waals surface area contributed by atoms with Crippen LogP contribution in [0.25, 0.3) is 0 Å². The molecule has 2 amide bonds. The molecule has 14 heavy (non-hydrogen) atoms. The highest BCUT2D eigenvalue weighted by Crippen LogP contribution is 2.26. The second-order valence-electron chi connectivity index (χ2n) is 2.74. The number of nitrogens with zero attached hydrogens (tertiary/aromatic N) is 1. The van der Waals surface area contributed by atoms with Crippen LogP contribution in [0.3, 0.4) is 0 Å². The number of carbonyl (C=O) groups is 2. The fourth-order valence-electron chi connectivity index (χ4n) is 1.09. The Labute approximate surface area is 91.4 Å². The number of halogens is 2. The van der Waals surface area contributed by atoms with Gasteiger partial charge in [-0.2, -0.15) is 0 Å². The van der Waals surface area contributed by atoms with Crippen LogP contribution in [0.15, 0.2) is 10.1 Å². The highest BCUT2D eigenvalue weighted by Gasteiger charge is 2.35. The number of rotatable bonds is 4. The Bertz CT molecular complexity index is 277. The van der Waals surface area contributed by atoms with Gasteiger partial charge in [-0.25, -0.2) is 0 Å². The van der Waals surface area contributed by atoms with Gasteiger partial charge in [0.2, 0.25) is 0 Å². The minimum absolute atomic E-state index is 0.200. The molecule has 0 fully saturated rings. The summed E-state index contributed by atoms with van der Waals surface area (Å²) in [4.78, 5) is 23.6. The molecular weight excluding hydrogens is 229 g/mol. The van der Waals surface area contributed by atoms with E-state index >= 15 is 0 Å². The Balaban J connectivity index is 2.58. The molecule has 1 aliphatic heterocycles. The predicted octanol–water partition coefficient (Wildman–Crippen LogP) is 1.08. The molecule has 0 N–H and O–H groups in total. The van der Waals surface area contributed by atoms with E-state index in [4.69, 9.17) is 27.9 Å². The lowest BCUT2D eigenvalue weighted by Gasteiger charge is -2.12. The van der Waals surface area contributed by atoms with E-state index in [0.717, 1.165) is 4.90 Å². The summed E-state index contributed by atoms with van der Waals surface area (Å²) in [5, 5.41) is -0.400. The summed E-state index contributed by atoms with van der Waals surface area (Å²) < 4.78 is 4.80. The second kappa shape index (κ2) is 4.77. The number of imide groups is 1. The van der Waals surface area contributed by atoms with Crippen LogP contribution in [-0.4, -0.2) is 37.0 Å². The normalized spacial score (nSPS) is 17.2. The summed E-state index contributed by atoms with van der Waals surface area (Å²) in [7, 11) is 1.55. The van der Waals surface area contributed by atoms with Crippen molar-refractivity contribution in [3.63, 3.8) is 0 Å². The van der Waals surface area contributed by atoms with Crippen molar-refractivity contribution in [3.05, 3.63) is 10.1 Å². The van der Waals surface area contributed by atoms with Crippen LogP contribution in [0.1, 0.15) is 6.42 Å². The highest BCUT2D eigenvalue weighted by molar-refractivity contribution is 6.58. The summed E-state index contributed by atoms with van der Waals surface area (Å²) >= 11 is 11.0. The molecule has 4 nitrogen and oxygen atoms in total. The molecular formula is C8H9Cl2NO3. The molecule has 0 bridgehead atoms. The zero-order valence-corrected chi connectivity index (χ0v) is 9.06. The zero-order chi connectivity index (χ0) is 10.7. The topological polar surface area (TPSA) is 46.6 Å². The first kappa shape index (κ1) is 11.5. The summed E-state index contributed by atoms with van der Waals surface area (Å²) in [6.45, 7) is 0.754. The summed E-state index contributed by atoms with van der Waals surface area (Å²) in [5.41, 5.74) is 0. The van der Waals surface area contributed by atoms with Gasteiger partial charge in [0.15, 0.2) is 0 Å². The second-order valence-corrected chi connectivity index (χ2v) is 3.49. The van der Waals surface area contributed by atoms with Crippen LogP contribution < -0.4 is 0 Å². The largest absolute Gasteiger partial charge is 0.385 e. The van der Waals surface area contributed by atoms with Crippen LogP contribution in [0, 0.1) is 0 Å². The van der Waals surface area contributed by atoms with Crippen molar-refractivity contribution in [1.82, 2.24) is 4.90 Å². The van der Waals surface area contributed by atoms with E-state index in [1.54, 1.807) is 7.11 Å².